The minimum atomic E-state index is -0.0569. The molecule has 3 aromatic rings. The summed E-state index contributed by atoms with van der Waals surface area (Å²) in [5.41, 5.74) is 3.68. The minimum absolute atomic E-state index is 0.0569. The first-order chi connectivity index (χ1) is 15.4. The SMILES string of the molecule is c1ccc(C(OC2CCCCN2CCc2ccc3c(c2)OCO3)c2ccccc2)cc1. The van der Waals surface area contributed by atoms with E-state index in [1.54, 1.807) is 0 Å². The van der Waals surface area contributed by atoms with Crippen LogP contribution in [0.5, 0.6) is 11.5 Å². The molecule has 0 amide bonds. The number of hydrogen-bond acceptors (Lipinski definition) is 4. The molecule has 5 rings (SSSR count). The number of piperidine rings is 1. The van der Waals surface area contributed by atoms with Gasteiger partial charge in [0.05, 0.1) is 0 Å². The third kappa shape index (κ3) is 4.76. The predicted molar refractivity (Wildman–Crippen MR) is 121 cm³/mol. The van der Waals surface area contributed by atoms with Gasteiger partial charge in [-0.1, -0.05) is 66.7 Å². The number of likely N-dealkylation sites (tertiary alicyclic amines) is 1. The van der Waals surface area contributed by atoms with Crippen molar-refractivity contribution in [1.82, 2.24) is 4.90 Å². The highest BCUT2D eigenvalue weighted by molar-refractivity contribution is 5.44. The highest BCUT2D eigenvalue weighted by Gasteiger charge is 2.27. The zero-order valence-corrected chi connectivity index (χ0v) is 17.8. The Morgan fingerprint density at radius 1 is 0.839 bits per heavy atom. The van der Waals surface area contributed by atoms with Crippen LogP contribution in [0.25, 0.3) is 0 Å². The molecule has 2 aliphatic rings. The summed E-state index contributed by atoms with van der Waals surface area (Å²) in [5.74, 6) is 1.70. The number of ether oxygens (including phenoxy) is 3. The average Bonchev–Trinajstić information content (AvgIpc) is 3.31. The summed E-state index contributed by atoms with van der Waals surface area (Å²) in [5, 5.41) is 0. The van der Waals surface area contributed by atoms with Crippen molar-refractivity contribution in [2.45, 2.75) is 38.0 Å². The highest BCUT2D eigenvalue weighted by atomic mass is 16.7. The van der Waals surface area contributed by atoms with Gasteiger partial charge in [0.15, 0.2) is 11.5 Å². The zero-order valence-electron chi connectivity index (χ0n) is 17.8. The van der Waals surface area contributed by atoms with Gasteiger partial charge in [0.1, 0.15) is 12.3 Å². The van der Waals surface area contributed by atoms with Crippen molar-refractivity contribution in [2.24, 2.45) is 0 Å². The van der Waals surface area contributed by atoms with E-state index < -0.39 is 0 Å². The predicted octanol–water partition coefficient (Wildman–Crippen LogP) is 5.58. The van der Waals surface area contributed by atoms with E-state index in [-0.39, 0.29) is 12.3 Å². The van der Waals surface area contributed by atoms with Crippen LogP contribution < -0.4 is 9.47 Å². The van der Waals surface area contributed by atoms with Crippen LogP contribution in [0.15, 0.2) is 78.9 Å². The number of hydrogen-bond donors (Lipinski definition) is 0. The molecule has 0 saturated carbocycles. The van der Waals surface area contributed by atoms with Crippen molar-refractivity contribution < 1.29 is 14.2 Å². The Labute approximate surface area is 184 Å². The van der Waals surface area contributed by atoms with Crippen LogP contribution >= 0.6 is 0 Å². The van der Waals surface area contributed by atoms with Crippen molar-refractivity contribution in [3.63, 3.8) is 0 Å². The van der Waals surface area contributed by atoms with Gasteiger partial charge in [-0.25, -0.2) is 0 Å². The molecule has 2 aliphatic heterocycles. The molecular weight excluding hydrogens is 386 g/mol. The van der Waals surface area contributed by atoms with Crippen LogP contribution in [0.1, 0.15) is 42.1 Å². The Bertz CT molecular complexity index is 937. The van der Waals surface area contributed by atoms with Crippen LogP contribution in [0.3, 0.4) is 0 Å². The van der Waals surface area contributed by atoms with E-state index >= 15 is 0 Å². The van der Waals surface area contributed by atoms with Gasteiger partial charge in [0.2, 0.25) is 6.79 Å². The van der Waals surface area contributed by atoms with Gasteiger partial charge >= 0.3 is 0 Å². The highest BCUT2D eigenvalue weighted by Crippen LogP contribution is 2.34. The lowest BCUT2D eigenvalue weighted by atomic mass is 10.0. The topological polar surface area (TPSA) is 30.9 Å². The van der Waals surface area contributed by atoms with Crippen LogP contribution in [-0.4, -0.2) is 31.0 Å². The van der Waals surface area contributed by atoms with Gasteiger partial charge in [0, 0.05) is 13.1 Å². The molecule has 1 atom stereocenters. The van der Waals surface area contributed by atoms with E-state index in [1.807, 2.05) is 6.07 Å². The number of rotatable bonds is 7. The van der Waals surface area contributed by atoms with Gasteiger partial charge in [-0.05, 0) is 54.5 Å². The standard InChI is InChI=1S/C27H29NO3/c1-3-9-22(10-4-1)27(23-11-5-2-6-12-23)31-26-13-7-8-17-28(26)18-16-21-14-15-24-25(19-21)30-20-29-24/h1-6,9-12,14-15,19,26-27H,7-8,13,16-18,20H2. The van der Waals surface area contributed by atoms with E-state index in [4.69, 9.17) is 14.2 Å². The average molecular weight is 416 g/mol. The Hall–Kier alpha value is -2.82. The molecule has 0 N–H and O–H groups in total. The molecule has 0 aromatic heterocycles. The summed E-state index contributed by atoms with van der Waals surface area (Å²) in [7, 11) is 0. The summed E-state index contributed by atoms with van der Waals surface area (Å²) in [6, 6.07) is 27.4. The Kier molecular flexibility index (Phi) is 6.19. The second-order valence-corrected chi connectivity index (χ2v) is 8.26. The summed E-state index contributed by atoms with van der Waals surface area (Å²) in [6.07, 6.45) is 4.53. The Balaban J connectivity index is 1.31. The van der Waals surface area contributed by atoms with E-state index in [0.717, 1.165) is 37.4 Å². The third-order valence-electron chi connectivity index (χ3n) is 6.18. The molecule has 0 bridgehead atoms. The first-order valence-electron chi connectivity index (χ1n) is 11.2. The Morgan fingerprint density at radius 3 is 2.29 bits per heavy atom. The van der Waals surface area contributed by atoms with Gasteiger partial charge in [-0.2, -0.15) is 0 Å². The van der Waals surface area contributed by atoms with Crippen molar-refractivity contribution in [2.75, 3.05) is 19.9 Å². The molecule has 31 heavy (non-hydrogen) atoms. The fourth-order valence-electron chi connectivity index (χ4n) is 4.50. The van der Waals surface area contributed by atoms with Crippen molar-refractivity contribution in [3.05, 3.63) is 95.6 Å². The monoisotopic (exact) mass is 415 g/mol. The maximum Gasteiger partial charge on any atom is 0.231 e. The lowest BCUT2D eigenvalue weighted by Crippen LogP contribution is -2.43. The summed E-state index contributed by atoms with van der Waals surface area (Å²) < 4.78 is 17.8. The molecule has 160 valence electrons. The summed E-state index contributed by atoms with van der Waals surface area (Å²) in [6.45, 7) is 2.37. The molecule has 4 nitrogen and oxygen atoms in total. The molecule has 1 saturated heterocycles. The van der Waals surface area contributed by atoms with Gasteiger partial charge in [-0.3, -0.25) is 4.90 Å². The maximum atomic E-state index is 6.82. The fourth-order valence-corrected chi connectivity index (χ4v) is 4.50. The fraction of sp³-hybridized carbons (Fsp3) is 0.333. The van der Waals surface area contributed by atoms with E-state index in [2.05, 4.69) is 77.7 Å². The maximum absolute atomic E-state index is 6.82. The first kappa shape index (κ1) is 20.1. The Morgan fingerprint density at radius 2 is 1.55 bits per heavy atom. The van der Waals surface area contributed by atoms with Crippen LogP contribution in [0.2, 0.25) is 0 Å². The van der Waals surface area contributed by atoms with Crippen LogP contribution in [0.4, 0.5) is 0 Å². The number of fused-ring (bicyclic) bond motifs is 1. The van der Waals surface area contributed by atoms with E-state index in [1.165, 1.54) is 29.5 Å². The van der Waals surface area contributed by atoms with Gasteiger partial charge in [-0.15, -0.1) is 0 Å². The minimum Gasteiger partial charge on any atom is -0.454 e. The van der Waals surface area contributed by atoms with Crippen LogP contribution in [0, 0.1) is 0 Å². The van der Waals surface area contributed by atoms with E-state index in [9.17, 15) is 0 Å². The second kappa shape index (κ2) is 9.54. The molecule has 1 fully saturated rings. The smallest absolute Gasteiger partial charge is 0.231 e. The normalized spacial score (nSPS) is 18.4. The second-order valence-electron chi connectivity index (χ2n) is 8.26. The van der Waals surface area contributed by atoms with Crippen molar-refractivity contribution in [3.8, 4) is 11.5 Å². The summed E-state index contributed by atoms with van der Waals surface area (Å²) >= 11 is 0. The quantitative estimate of drug-likeness (QED) is 0.504. The van der Waals surface area contributed by atoms with E-state index in [0.29, 0.717) is 6.79 Å². The molecule has 4 heteroatoms. The largest absolute Gasteiger partial charge is 0.454 e. The summed E-state index contributed by atoms with van der Waals surface area (Å²) in [4.78, 5) is 2.51. The van der Waals surface area contributed by atoms with Gasteiger partial charge in [0.25, 0.3) is 0 Å². The molecule has 3 aromatic carbocycles. The number of benzene rings is 3. The first-order valence-corrected chi connectivity index (χ1v) is 11.2. The number of nitrogens with zero attached hydrogens (tertiary/aromatic N) is 1. The third-order valence-corrected chi connectivity index (χ3v) is 6.18. The lowest BCUT2D eigenvalue weighted by molar-refractivity contribution is -0.105. The molecular formula is C27H29NO3. The van der Waals surface area contributed by atoms with Crippen LogP contribution in [-0.2, 0) is 11.2 Å². The van der Waals surface area contributed by atoms with Crippen molar-refractivity contribution >= 4 is 0 Å². The molecule has 0 radical (unpaired) electrons. The lowest BCUT2D eigenvalue weighted by Gasteiger charge is -2.38. The van der Waals surface area contributed by atoms with Crippen molar-refractivity contribution in [1.29, 1.82) is 0 Å². The zero-order chi connectivity index (χ0) is 20.9. The molecule has 0 aliphatic carbocycles. The molecule has 1 unspecified atom stereocenters. The van der Waals surface area contributed by atoms with Gasteiger partial charge < -0.3 is 14.2 Å². The molecule has 2 heterocycles. The molecule has 0 spiro atoms.